The molecule has 1 saturated heterocycles. The van der Waals surface area contributed by atoms with Gasteiger partial charge in [0.05, 0.1) is 11.3 Å². The van der Waals surface area contributed by atoms with Gasteiger partial charge in [-0.2, -0.15) is 0 Å². The highest BCUT2D eigenvalue weighted by Crippen LogP contribution is 2.15. The van der Waals surface area contributed by atoms with E-state index in [0.29, 0.717) is 25.3 Å². The lowest BCUT2D eigenvalue weighted by atomic mass is 10.2. The maximum atomic E-state index is 12.0. The minimum Gasteiger partial charge on any atom is -0.478 e. The van der Waals surface area contributed by atoms with Crippen LogP contribution in [0, 0.1) is 0 Å². The van der Waals surface area contributed by atoms with Gasteiger partial charge < -0.3 is 20.1 Å². The Hall–Kier alpha value is -2.15. The van der Waals surface area contributed by atoms with Crippen LogP contribution in [0.5, 0.6) is 0 Å². The van der Waals surface area contributed by atoms with Crippen LogP contribution in [0.25, 0.3) is 0 Å². The number of ether oxygens (including phenoxy) is 1. The summed E-state index contributed by atoms with van der Waals surface area (Å²) in [6.07, 6.45) is 2.02. The van der Waals surface area contributed by atoms with E-state index in [-0.39, 0.29) is 17.7 Å². The number of aromatic nitrogens is 1. The second kappa shape index (κ2) is 6.95. The number of carboxylic acid groups (broad SMARTS) is 1. The third kappa shape index (κ3) is 5.21. The van der Waals surface area contributed by atoms with Crippen molar-refractivity contribution in [3.63, 3.8) is 0 Å². The molecule has 0 radical (unpaired) electrons. The van der Waals surface area contributed by atoms with Crippen LogP contribution in [0.4, 0.5) is 4.79 Å². The van der Waals surface area contributed by atoms with E-state index in [4.69, 9.17) is 9.84 Å². The average Bonchev–Trinajstić information content (AvgIpc) is 2.92. The van der Waals surface area contributed by atoms with Gasteiger partial charge in [0.1, 0.15) is 5.60 Å². The van der Waals surface area contributed by atoms with E-state index in [1.54, 1.807) is 11.0 Å². The molecular weight excluding hydrogens is 298 g/mol. The fraction of sp³-hybridized carbons (Fsp3) is 0.562. The maximum Gasteiger partial charge on any atom is 0.410 e. The minimum atomic E-state index is -0.967. The predicted molar refractivity (Wildman–Crippen MR) is 84.2 cm³/mol. The Kier molecular flexibility index (Phi) is 5.20. The summed E-state index contributed by atoms with van der Waals surface area (Å²) in [5.41, 5.74) is 0.392. The molecule has 126 valence electrons. The van der Waals surface area contributed by atoms with Gasteiger partial charge in [0.25, 0.3) is 0 Å². The van der Waals surface area contributed by atoms with E-state index in [9.17, 15) is 9.59 Å². The Bertz CT molecular complexity index is 583. The van der Waals surface area contributed by atoms with Crippen LogP contribution in [-0.2, 0) is 11.3 Å². The number of aromatic carboxylic acids is 1. The fourth-order valence-corrected chi connectivity index (χ4v) is 2.38. The number of amides is 1. The van der Waals surface area contributed by atoms with Crippen molar-refractivity contribution in [1.29, 1.82) is 0 Å². The summed E-state index contributed by atoms with van der Waals surface area (Å²) in [6, 6.07) is 3.17. The van der Waals surface area contributed by atoms with Crippen LogP contribution in [0.15, 0.2) is 18.3 Å². The van der Waals surface area contributed by atoms with Crippen molar-refractivity contribution in [2.24, 2.45) is 0 Å². The Morgan fingerprint density at radius 3 is 2.87 bits per heavy atom. The van der Waals surface area contributed by atoms with Crippen molar-refractivity contribution in [2.75, 3.05) is 13.1 Å². The van der Waals surface area contributed by atoms with Crippen LogP contribution < -0.4 is 5.32 Å². The van der Waals surface area contributed by atoms with Gasteiger partial charge >= 0.3 is 12.1 Å². The van der Waals surface area contributed by atoms with Crippen molar-refractivity contribution in [2.45, 2.75) is 45.4 Å². The molecule has 2 N–H and O–H groups in total. The lowest BCUT2D eigenvalue weighted by Crippen LogP contribution is -2.38. The third-order valence-corrected chi connectivity index (χ3v) is 3.48. The smallest absolute Gasteiger partial charge is 0.410 e. The summed E-state index contributed by atoms with van der Waals surface area (Å²) in [4.78, 5) is 28.8. The summed E-state index contributed by atoms with van der Waals surface area (Å²) < 4.78 is 5.36. The van der Waals surface area contributed by atoms with Crippen molar-refractivity contribution < 1.29 is 19.4 Å². The van der Waals surface area contributed by atoms with Gasteiger partial charge in [-0.25, -0.2) is 9.59 Å². The molecule has 1 aliphatic rings. The lowest BCUT2D eigenvalue weighted by molar-refractivity contribution is 0.0290. The van der Waals surface area contributed by atoms with E-state index >= 15 is 0 Å². The highest BCUT2D eigenvalue weighted by molar-refractivity contribution is 5.87. The molecule has 7 heteroatoms. The van der Waals surface area contributed by atoms with E-state index in [1.165, 1.54) is 12.3 Å². The molecule has 2 heterocycles. The normalized spacial score (nSPS) is 18.0. The minimum absolute atomic E-state index is 0.151. The summed E-state index contributed by atoms with van der Waals surface area (Å²) in [5.74, 6) is -0.967. The summed E-state index contributed by atoms with van der Waals surface area (Å²) >= 11 is 0. The molecule has 2 rings (SSSR count). The number of hydrogen-bond acceptors (Lipinski definition) is 5. The number of carbonyl (C=O) groups excluding carboxylic acids is 1. The number of nitrogens with one attached hydrogen (secondary N) is 1. The van der Waals surface area contributed by atoms with Crippen molar-refractivity contribution in [3.05, 3.63) is 29.6 Å². The molecule has 23 heavy (non-hydrogen) atoms. The zero-order valence-corrected chi connectivity index (χ0v) is 13.7. The molecule has 0 spiro atoms. The molecule has 1 fully saturated rings. The SMILES string of the molecule is CC(C)(C)OC(=O)N1CC[C@@H](NCc2cc(C(=O)O)ccn2)C1. The Balaban J connectivity index is 1.83. The molecule has 7 nitrogen and oxygen atoms in total. The first kappa shape index (κ1) is 17.2. The zero-order valence-electron chi connectivity index (χ0n) is 13.7. The second-order valence-electron chi connectivity index (χ2n) is 6.63. The van der Waals surface area contributed by atoms with Crippen LogP contribution in [0.3, 0.4) is 0 Å². The quantitative estimate of drug-likeness (QED) is 0.880. The largest absolute Gasteiger partial charge is 0.478 e. The maximum absolute atomic E-state index is 12.0. The molecule has 0 unspecified atom stereocenters. The molecule has 1 aliphatic heterocycles. The molecule has 1 atom stereocenters. The van der Waals surface area contributed by atoms with E-state index < -0.39 is 11.6 Å². The Morgan fingerprint density at radius 1 is 1.48 bits per heavy atom. The van der Waals surface area contributed by atoms with Gasteiger partial charge in [0.2, 0.25) is 0 Å². The first-order valence-electron chi connectivity index (χ1n) is 7.64. The third-order valence-electron chi connectivity index (χ3n) is 3.48. The van der Waals surface area contributed by atoms with Crippen LogP contribution in [-0.4, -0.2) is 51.8 Å². The standard InChI is InChI=1S/C16H23N3O4/c1-16(2,3)23-15(22)19-7-5-12(10-19)18-9-13-8-11(14(20)21)4-6-17-13/h4,6,8,12,18H,5,7,9-10H2,1-3H3,(H,20,21)/t12-/m1/s1. The number of pyridine rings is 1. The van der Waals surface area contributed by atoms with Crippen LogP contribution >= 0.6 is 0 Å². The van der Waals surface area contributed by atoms with Crippen molar-refractivity contribution >= 4 is 12.1 Å². The molecule has 0 saturated carbocycles. The molecular formula is C16H23N3O4. The summed E-state index contributed by atoms with van der Waals surface area (Å²) in [7, 11) is 0. The number of rotatable bonds is 4. The number of likely N-dealkylation sites (tertiary alicyclic amines) is 1. The predicted octanol–water partition coefficient (Wildman–Crippen LogP) is 1.88. The number of carbonyl (C=O) groups is 2. The van der Waals surface area contributed by atoms with Gasteiger partial charge in [-0.15, -0.1) is 0 Å². The van der Waals surface area contributed by atoms with E-state index in [2.05, 4.69) is 10.3 Å². The monoisotopic (exact) mass is 321 g/mol. The number of hydrogen-bond donors (Lipinski definition) is 2. The van der Waals surface area contributed by atoms with Crippen LogP contribution in [0.1, 0.15) is 43.2 Å². The number of carboxylic acids is 1. The molecule has 0 bridgehead atoms. The summed E-state index contributed by atoms with van der Waals surface area (Å²) in [5, 5.41) is 12.3. The molecule has 1 aromatic heterocycles. The lowest BCUT2D eigenvalue weighted by Gasteiger charge is -2.24. The van der Waals surface area contributed by atoms with Crippen molar-refractivity contribution in [1.82, 2.24) is 15.2 Å². The molecule has 0 aromatic carbocycles. The fourth-order valence-electron chi connectivity index (χ4n) is 2.38. The second-order valence-corrected chi connectivity index (χ2v) is 6.63. The Morgan fingerprint density at radius 2 is 2.22 bits per heavy atom. The topological polar surface area (TPSA) is 91.8 Å². The van der Waals surface area contributed by atoms with Gasteiger partial charge in [-0.1, -0.05) is 0 Å². The van der Waals surface area contributed by atoms with E-state index in [1.807, 2.05) is 20.8 Å². The van der Waals surface area contributed by atoms with E-state index in [0.717, 1.165) is 6.42 Å². The average molecular weight is 321 g/mol. The van der Waals surface area contributed by atoms with Crippen molar-refractivity contribution in [3.8, 4) is 0 Å². The van der Waals surface area contributed by atoms with Gasteiger partial charge in [-0.3, -0.25) is 4.98 Å². The van der Waals surface area contributed by atoms with Crippen LogP contribution in [0.2, 0.25) is 0 Å². The molecule has 1 amide bonds. The zero-order chi connectivity index (χ0) is 17.0. The van der Waals surface area contributed by atoms with Gasteiger partial charge in [0, 0.05) is 31.9 Å². The number of nitrogens with zero attached hydrogens (tertiary/aromatic N) is 2. The highest BCUT2D eigenvalue weighted by atomic mass is 16.6. The first-order valence-corrected chi connectivity index (χ1v) is 7.64. The molecule has 0 aliphatic carbocycles. The summed E-state index contributed by atoms with van der Waals surface area (Å²) in [6.45, 7) is 7.23. The first-order chi connectivity index (χ1) is 10.7. The van der Waals surface area contributed by atoms with Gasteiger partial charge in [-0.05, 0) is 39.3 Å². The highest BCUT2D eigenvalue weighted by Gasteiger charge is 2.29. The molecule has 1 aromatic rings. The van der Waals surface area contributed by atoms with Gasteiger partial charge in [0.15, 0.2) is 0 Å². The Labute approximate surface area is 135 Å².